The second-order valence-corrected chi connectivity index (χ2v) is 14.6. The van der Waals surface area contributed by atoms with E-state index >= 15 is 4.39 Å². The minimum atomic E-state index is -1.21. The van der Waals surface area contributed by atoms with E-state index in [4.69, 9.17) is 15.2 Å². The summed E-state index contributed by atoms with van der Waals surface area (Å²) in [6.45, 7) is 4.68. The molecule has 10 atom stereocenters. The largest absolute Gasteiger partial charge is 0.378 e. The molecule has 244 valence electrons. The summed E-state index contributed by atoms with van der Waals surface area (Å²) in [5.41, 5.74) is 8.53. The average Bonchev–Trinajstić information content (AvgIpc) is 3.49. The maximum absolute atomic E-state index is 16.3. The first-order valence-corrected chi connectivity index (χ1v) is 17.5. The topological polar surface area (TPSA) is 100 Å². The van der Waals surface area contributed by atoms with Crippen molar-refractivity contribution in [2.75, 3.05) is 44.3 Å². The maximum Gasteiger partial charge on any atom is 0.256 e. The zero-order valence-corrected chi connectivity index (χ0v) is 26.2. The number of benzene rings is 1. The first kappa shape index (κ1) is 29.8. The number of rotatable bonds is 5. The molecule has 3 N–H and O–H groups in total. The van der Waals surface area contributed by atoms with Gasteiger partial charge in [0.2, 0.25) is 0 Å². The summed E-state index contributed by atoms with van der Waals surface area (Å²) < 4.78 is 28.8. The van der Waals surface area contributed by atoms with Gasteiger partial charge in [0.25, 0.3) is 5.91 Å². The van der Waals surface area contributed by atoms with E-state index in [9.17, 15) is 9.59 Å². The van der Waals surface area contributed by atoms with Crippen molar-refractivity contribution in [1.29, 1.82) is 0 Å². The lowest BCUT2D eigenvalue weighted by Gasteiger charge is -2.61. The number of carbonyl (C=O) groups excluding carboxylic acids is 2. The molecule has 8 rings (SSSR count). The summed E-state index contributed by atoms with van der Waals surface area (Å²) in [7, 11) is 0. The predicted octanol–water partition coefficient (Wildman–Crippen LogP) is 2.77. The standard InChI is InChI=1S/C35H48FN5O4/c36-27-17-25-31-34(32(27)40-10-9-24(37)19-40)45-30-16-22-6-2-1-5-21(22)15-29(30)41(31)20-26(33(25)42)35(43)38-18-23-7-3-4-8-28(23)39-11-13-44-14-12-39/h3-4,7-8,20-22,24-25,27,29-32,34H,1-2,5-6,9-19,37H2,(H,38,43). The van der Waals surface area contributed by atoms with Crippen molar-refractivity contribution in [2.24, 2.45) is 23.5 Å². The van der Waals surface area contributed by atoms with Gasteiger partial charge in [0.15, 0.2) is 5.78 Å². The van der Waals surface area contributed by atoms with E-state index in [2.05, 4.69) is 26.1 Å². The van der Waals surface area contributed by atoms with E-state index in [1.54, 1.807) is 0 Å². The number of alkyl halides is 1. The van der Waals surface area contributed by atoms with Crippen LogP contribution in [0.2, 0.25) is 0 Å². The number of amides is 1. The van der Waals surface area contributed by atoms with Crippen molar-refractivity contribution in [3.05, 3.63) is 41.6 Å². The summed E-state index contributed by atoms with van der Waals surface area (Å²) in [4.78, 5) is 34.8. The fraction of sp³-hybridized carbons (Fsp3) is 0.714. The number of nitrogens with zero attached hydrogens (tertiary/aromatic N) is 3. The highest BCUT2D eigenvalue weighted by Crippen LogP contribution is 2.51. The number of nitrogens with two attached hydrogens (primary N) is 1. The van der Waals surface area contributed by atoms with Gasteiger partial charge >= 0.3 is 0 Å². The lowest BCUT2D eigenvalue weighted by Crippen LogP contribution is -2.73. The number of halogens is 1. The number of carbonyl (C=O) groups is 2. The highest BCUT2D eigenvalue weighted by Gasteiger charge is 2.61. The molecule has 0 aromatic heterocycles. The number of ketones is 1. The third-order valence-corrected chi connectivity index (χ3v) is 12.2. The van der Waals surface area contributed by atoms with Crippen LogP contribution < -0.4 is 16.0 Å². The Labute approximate surface area is 265 Å². The smallest absolute Gasteiger partial charge is 0.256 e. The molecular weight excluding hydrogens is 573 g/mol. The summed E-state index contributed by atoms with van der Waals surface area (Å²) in [5.74, 6) is 0.0648. The molecule has 6 fully saturated rings. The van der Waals surface area contributed by atoms with Gasteiger partial charge in [-0.1, -0.05) is 43.9 Å². The zero-order valence-electron chi connectivity index (χ0n) is 26.2. The summed E-state index contributed by atoms with van der Waals surface area (Å²) in [6.07, 6.45) is 8.16. The van der Waals surface area contributed by atoms with Gasteiger partial charge in [-0.3, -0.25) is 14.5 Å². The van der Waals surface area contributed by atoms with E-state index in [1.165, 1.54) is 25.7 Å². The van der Waals surface area contributed by atoms with Gasteiger partial charge in [-0.05, 0) is 49.1 Å². The third-order valence-electron chi connectivity index (χ3n) is 12.2. The number of anilines is 1. The van der Waals surface area contributed by atoms with Crippen molar-refractivity contribution in [2.45, 2.75) is 100 Å². The van der Waals surface area contributed by atoms with Crippen LogP contribution in [0.15, 0.2) is 36.0 Å². The first-order valence-electron chi connectivity index (χ1n) is 17.5. The monoisotopic (exact) mass is 621 g/mol. The summed E-state index contributed by atoms with van der Waals surface area (Å²) >= 11 is 0. The number of nitrogens with one attached hydrogen (secondary N) is 1. The van der Waals surface area contributed by atoms with Crippen LogP contribution in [0.25, 0.3) is 0 Å². The normalized spacial score (nSPS) is 39.9. The molecule has 9 nitrogen and oxygen atoms in total. The molecule has 7 aliphatic rings. The zero-order chi connectivity index (χ0) is 30.7. The van der Waals surface area contributed by atoms with Crippen LogP contribution in [0.3, 0.4) is 0 Å². The van der Waals surface area contributed by atoms with Crippen LogP contribution in [0.5, 0.6) is 0 Å². The van der Waals surface area contributed by atoms with Crippen LogP contribution in [0.4, 0.5) is 10.1 Å². The number of morpholine rings is 2. The number of ether oxygens (including phenoxy) is 2. The van der Waals surface area contributed by atoms with Crippen LogP contribution >= 0.6 is 0 Å². The quantitative estimate of drug-likeness (QED) is 0.485. The van der Waals surface area contributed by atoms with E-state index < -0.39 is 24.2 Å². The molecule has 1 aromatic carbocycles. The Morgan fingerprint density at radius 1 is 1.00 bits per heavy atom. The van der Waals surface area contributed by atoms with Crippen molar-refractivity contribution >= 4 is 17.4 Å². The van der Waals surface area contributed by atoms with Crippen LogP contribution in [0, 0.1) is 17.8 Å². The molecule has 0 bridgehead atoms. The molecule has 3 aliphatic carbocycles. The minimum Gasteiger partial charge on any atom is -0.378 e. The maximum atomic E-state index is 16.3. The number of fused-ring (bicyclic) bond motifs is 3. The summed E-state index contributed by atoms with van der Waals surface area (Å²) in [6, 6.07) is 7.55. The third kappa shape index (κ3) is 5.39. The molecular formula is C35H48FN5O4. The number of hydrogen-bond acceptors (Lipinski definition) is 8. The van der Waals surface area contributed by atoms with E-state index in [-0.39, 0.29) is 47.9 Å². The molecule has 3 saturated carbocycles. The fourth-order valence-electron chi connectivity index (χ4n) is 10.00. The van der Waals surface area contributed by atoms with Crippen molar-refractivity contribution < 1.29 is 23.5 Å². The Morgan fingerprint density at radius 2 is 1.78 bits per heavy atom. The molecule has 0 spiro atoms. The highest BCUT2D eigenvalue weighted by molar-refractivity contribution is 6.20. The van der Waals surface area contributed by atoms with Crippen molar-refractivity contribution in [3.8, 4) is 0 Å². The first-order chi connectivity index (χ1) is 22.0. The van der Waals surface area contributed by atoms with E-state index in [1.807, 2.05) is 24.4 Å². The second-order valence-electron chi connectivity index (χ2n) is 14.6. The SMILES string of the molecule is NC1CCN(C2C(F)CC3C(=O)C(C(=O)NCc4ccccc4N4CCOCC4)=CN4C5CC6CCCCC6CC5OC2C34)C1. The van der Waals surface area contributed by atoms with Gasteiger partial charge in [-0.2, -0.15) is 0 Å². The van der Waals surface area contributed by atoms with Crippen LogP contribution in [-0.4, -0.2) is 103 Å². The van der Waals surface area contributed by atoms with Gasteiger partial charge in [0.05, 0.1) is 49.1 Å². The molecule has 10 heteroatoms. The second kappa shape index (κ2) is 12.2. The fourth-order valence-corrected chi connectivity index (χ4v) is 10.00. The Hall–Kier alpha value is -2.53. The molecule has 1 aromatic rings. The number of para-hydroxylation sites is 1. The Balaban J connectivity index is 1.09. The van der Waals surface area contributed by atoms with E-state index in [0.717, 1.165) is 50.1 Å². The minimum absolute atomic E-state index is 0.0236. The molecule has 1 amide bonds. The molecule has 4 heterocycles. The summed E-state index contributed by atoms with van der Waals surface area (Å²) in [5, 5.41) is 3.08. The highest BCUT2D eigenvalue weighted by atomic mass is 19.1. The number of hydrogen-bond donors (Lipinski definition) is 2. The van der Waals surface area contributed by atoms with Crippen LogP contribution in [-0.2, 0) is 25.6 Å². The molecule has 10 unspecified atom stereocenters. The van der Waals surface area contributed by atoms with Gasteiger partial charge < -0.3 is 30.3 Å². The molecule has 3 saturated heterocycles. The Bertz CT molecular complexity index is 1320. The number of likely N-dealkylation sites (tertiary alicyclic amines) is 1. The van der Waals surface area contributed by atoms with E-state index in [0.29, 0.717) is 38.1 Å². The van der Waals surface area contributed by atoms with Crippen molar-refractivity contribution in [3.63, 3.8) is 0 Å². The van der Waals surface area contributed by atoms with Gasteiger partial charge in [0.1, 0.15) is 6.17 Å². The average molecular weight is 622 g/mol. The lowest BCUT2D eigenvalue weighted by atomic mass is 9.64. The van der Waals surface area contributed by atoms with Gasteiger partial charge in [-0.25, -0.2) is 4.39 Å². The predicted molar refractivity (Wildman–Crippen MR) is 168 cm³/mol. The lowest BCUT2D eigenvalue weighted by molar-refractivity contribution is -0.219. The Kier molecular flexibility index (Phi) is 8.12. The number of Topliss-reactive ketones (excluding diaryl/α,β-unsaturated/α-hetero) is 1. The van der Waals surface area contributed by atoms with Crippen molar-refractivity contribution in [1.82, 2.24) is 15.1 Å². The van der Waals surface area contributed by atoms with Gasteiger partial charge in [-0.15, -0.1) is 0 Å². The van der Waals surface area contributed by atoms with Gasteiger partial charge in [0, 0.05) is 56.6 Å². The Morgan fingerprint density at radius 3 is 2.56 bits per heavy atom. The molecule has 4 aliphatic heterocycles. The van der Waals surface area contributed by atoms with Crippen LogP contribution in [0.1, 0.15) is 56.9 Å². The molecule has 45 heavy (non-hydrogen) atoms. The molecule has 0 radical (unpaired) electrons.